The molecule has 0 unspecified atom stereocenters. The van der Waals surface area contributed by atoms with Crippen LogP contribution in [0.5, 0.6) is 0 Å². The van der Waals surface area contributed by atoms with E-state index < -0.39 is 0 Å². The Morgan fingerprint density at radius 3 is 2.88 bits per heavy atom. The number of hydrogen-bond donors (Lipinski definition) is 3. The maximum absolute atomic E-state index is 6.87. The molecule has 0 aliphatic carbocycles. The van der Waals surface area contributed by atoms with E-state index in [9.17, 15) is 0 Å². The summed E-state index contributed by atoms with van der Waals surface area (Å²) in [6, 6.07) is 0. The normalized spacial score (nSPS) is 17.2. The summed E-state index contributed by atoms with van der Waals surface area (Å²) in [6.07, 6.45) is 1.69. The zero-order chi connectivity index (χ0) is 5.98. The van der Waals surface area contributed by atoms with Crippen LogP contribution in [0.4, 0.5) is 0 Å². The summed E-state index contributed by atoms with van der Waals surface area (Å²) in [5.74, 6) is 0.00579. The van der Waals surface area contributed by atoms with Gasteiger partial charge in [0.05, 0.1) is 0 Å². The van der Waals surface area contributed by atoms with E-state index in [1.54, 1.807) is 11.6 Å². The lowest BCUT2D eigenvalue weighted by molar-refractivity contribution is 0.539. The minimum atomic E-state index is 0.00579. The van der Waals surface area contributed by atoms with Gasteiger partial charge in [-0.05, 0) is 11.9 Å². The van der Waals surface area contributed by atoms with Crippen molar-refractivity contribution in [1.82, 2.24) is 9.84 Å². The number of hydrazine groups is 1. The lowest BCUT2D eigenvalue weighted by Crippen LogP contribution is -2.36. The van der Waals surface area contributed by atoms with Crippen LogP contribution in [0.2, 0.25) is 0 Å². The third kappa shape index (κ3) is 0.932. The predicted molar refractivity (Wildman–Crippen MR) is 33.6 cm³/mol. The zero-order valence-corrected chi connectivity index (χ0v) is 4.90. The highest BCUT2D eigenvalue weighted by Gasteiger charge is 2.04. The summed E-state index contributed by atoms with van der Waals surface area (Å²) in [5, 5.41) is 10.1. The van der Waals surface area contributed by atoms with E-state index >= 15 is 0 Å². The van der Waals surface area contributed by atoms with E-state index in [1.807, 2.05) is 0 Å². The molecule has 4 nitrogen and oxygen atoms in total. The van der Waals surface area contributed by atoms with Gasteiger partial charge < -0.3 is 5.73 Å². The van der Waals surface area contributed by atoms with Crippen LogP contribution in [-0.2, 0) is 0 Å². The summed E-state index contributed by atoms with van der Waals surface area (Å²) in [6.45, 7) is 0. The monoisotopic (exact) mass is 130 g/mol. The lowest BCUT2D eigenvalue weighted by atomic mass is 10.9. The first-order valence-electron chi connectivity index (χ1n) is 2.02. The van der Waals surface area contributed by atoms with Crippen LogP contribution in [0.1, 0.15) is 0 Å². The summed E-state index contributed by atoms with van der Waals surface area (Å²) in [7, 11) is 0. The van der Waals surface area contributed by atoms with Crippen molar-refractivity contribution in [3.8, 4) is 0 Å². The molecule has 0 aromatic carbocycles. The van der Waals surface area contributed by atoms with Gasteiger partial charge in [0.15, 0.2) is 0 Å². The van der Waals surface area contributed by atoms with Crippen LogP contribution < -0.4 is 10.6 Å². The first-order valence-corrected chi connectivity index (χ1v) is 2.90. The molecule has 0 bridgehead atoms. The largest absolute Gasteiger partial charge is 0.369 e. The molecule has 0 amide bonds. The van der Waals surface area contributed by atoms with Gasteiger partial charge in [0.2, 0.25) is 5.96 Å². The second-order valence-electron chi connectivity index (χ2n) is 1.25. The van der Waals surface area contributed by atoms with Crippen molar-refractivity contribution < 1.29 is 0 Å². The van der Waals surface area contributed by atoms with E-state index in [0.717, 1.165) is 0 Å². The van der Waals surface area contributed by atoms with E-state index in [-0.39, 0.29) is 5.96 Å². The highest BCUT2D eigenvalue weighted by molar-refractivity contribution is 8.00. The van der Waals surface area contributed by atoms with E-state index in [0.29, 0.717) is 0 Å². The molecule has 0 saturated heterocycles. The number of hydrogen-bond acceptors (Lipinski definition) is 3. The van der Waals surface area contributed by atoms with Crippen molar-refractivity contribution in [3.05, 3.63) is 11.6 Å². The van der Waals surface area contributed by atoms with E-state index in [2.05, 4.69) is 4.83 Å². The maximum Gasteiger partial charge on any atom is 0.208 e. The molecular formula is C3H6N4S. The van der Waals surface area contributed by atoms with Crippen molar-refractivity contribution in [3.63, 3.8) is 0 Å². The second-order valence-corrected chi connectivity index (χ2v) is 1.94. The van der Waals surface area contributed by atoms with Gasteiger partial charge in [-0.3, -0.25) is 5.41 Å². The molecule has 8 heavy (non-hydrogen) atoms. The Kier molecular flexibility index (Phi) is 1.40. The SMILES string of the molecule is N=C(N)N1C=CSN1. The van der Waals surface area contributed by atoms with Crippen LogP contribution in [0.25, 0.3) is 0 Å². The Bertz CT molecular complexity index is 131. The standard InChI is InChI=1S/C3H6N4S/c4-3(5)7-1-2-8-6-7/h1-2,6H,(H3,4,5). The molecular weight excluding hydrogens is 124 g/mol. The van der Waals surface area contributed by atoms with E-state index in [1.165, 1.54) is 17.0 Å². The highest BCUT2D eigenvalue weighted by atomic mass is 32.2. The van der Waals surface area contributed by atoms with Gasteiger partial charge in [0, 0.05) is 11.6 Å². The van der Waals surface area contributed by atoms with Crippen LogP contribution >= 0.6 is 11.9 Å². The smallest absolute Gasteiger partial charge is 0.208 e. The molecule has 1 aliphatic heterocycles. The lowest BCUT2D eigenvalue weighted by Gasteiger charge is -2.09. The van der Waals surface area contributed by atoms with Gasteiger partial charge in [-0.2, -0.15) is 4.83 Å². The van der Waals surface area contributed by atoms with Crippen molar-refractivity contribution >= 4 is 17.9 Å². The zero-order valence-electron chi connectivity index (χ0n) is 4.09. The topological polar surface area (TPSA) is 65.1 Å². The molecule has 0 aromatic rings. The molecule has 0 radical (unpaired) electrons. The minimum Gasteiger partial charge on any atom is -0.369 e. The first kappa shape index (κ1) is 5.46. The van der Waals surface area contributed by atoms with Crippen molar-refractivity contribution in [2.75, 3.05) is 0 Å². The van der Waals surface area contributed by atoms with E-state index in [4.69, 9.17) is 11.1 Å². The third-order valence-corrected chi connectivity index (χ3v) is 1.25. The molecule has 0 aromatic heterocycles. The molecule has 5 heteroatoms. The fourth-order valence-corrected chi connectivity index (χ4v) is 0.855. The molecule has 44 valence electrons. The quantitative estimate of drug-likeness (QED) is 0.242. The Labute approximate surface area is 51.3 Å². The second kappa shape index (κ2) is 2.06. The average Bonchev–Trinajstić information content (AvgIpc) is 2.12. The molecule has 0 atom stereocenters. The highest BCUT2D eigenvalue weighted by Crippen LogP contribution is 2.05. The van der Waals surface area contributed by atoms with Crippen molar-refractivity contribution in [2.45, 2.75) is 0 Å². The summed E-state index contributed by atoms with van der Waals surface area (Å²) < 4.78 is 0. The number of nitrogens with one attached hydrogen (secondary N) is 2. The Morgan fingerprint density at radius 2 is 2.62 bits per heavy atom. The molecule has 0 fully saturated rings. The summed E-state index contributed by atoms with van der Waals surface area (Å²) in [5.41, 5.74) is 5.08. The summed E-state index contributed by atoms with van der Waals surface area (Å²) in [4.78, 5) is 2.75. The number of nitrogens with zero attached hydrogens (tertiary/aromatic N) is 1. The Balaban J connectivity index is 2.48. The molecule has 0 spiro atoms. The van der Waals surface area contributed by atoms with Crippen LogP contribution in [0.15, 0.2) is 11.6 Å². The van der Waals surface area contributed by atoms with Gasteiger partial charge in [0.1, 0.15) is 0 Å². The minimum absolute atomic E-state index is 0.00579. The maximum atomic E-state index is 6.87. The van der Waals surface area contributed by atoms with Crippen LogP contribution in [0.3, 0.4) is 0 Å². The van der Waals surface area contributed by atoms with Gasteiger partial charge in [-0.25, -0.2) is 5.01 Å². The fraction of sp³-hybridized carbons (Fsp3) is 0. The molecule has 1 heterocycles. The third-order valence-electron chi connectivity index (χ3n) is 0.689. The van der Waals surface area contributed by atoms with Gasteiger partial charge in [-0.15, -0.1) is 0 Å². The van der Waals surface area contributed by atoms with Crippen molar-refractivity contribution in [2.24, 2.45) is 5.73 Å². The van der Waals surface area contributed by atoms with Crippen molar-refractivity contribution in [1.29, 1.82) is 5.41 Å². The first-order chi connectivity index (χ1) is 3.80. The average molecular weight is 130 g/mol. The molecule has 4 N–H and O–H groups in total. The van der Waals surface area contributed by atoms with Gasteiger partial charge in [-0.1, -0.05) is 0 Å². The number of guanidine groups is 1. The molecule has 1 aliphatic rings. The van der Waals surface area contributed by atoms with Crippen LogP contribution in [-0.4, -0.2) is 11.0 Å². The molecule has 0 saturated carbocycles. The summed E-state index contributed by atoms with van der Waals surface area (Å²) >= 11 is 1.39. The fourth-order valence-electron chi connectivity index (χ4n) is 0.338. The Morgan fingerprint density at radius 1 is 1.88 bits per heavy atom. The van der Waals surface area contributed by atoms with Gasteiger partial charge >= 0.3 is 0 Å². The number of rotatable bonds is 0. The Hall–Kier alpha value is -0.680. The molecule has 1 rings (SSSR count). The number of nitrogens with two attached hydrogens (primary N) is 1. The predicted octanol–water partition coefficient (Wildman–Crippen LogP) is -0.181. The van der Waals surface area contributed by atoms with Crippen LogP contribution in [0, 0.1) is 5.41 Å². The van der Waals surface area contributed by atoms with Gasteiger partial charge in [0.25, 0.3) is 0 Å².